The van der Waals surface area contributed by atoms with E-state index >= 15 is 0 Å². The summed E-state index contributed by atoms with van der Waals surface area (Å²) < 4.78 is 15.6. The maximum atomic E-state index is 12.7. The van der Waals surface area contributed by atoms with E-state index in [1.54, 1.807) is 25.1 Å². The van der Waals surface area contributed by atoms with E-state index in [1.165, 1.54) is 26.2 Å². The number of nitrogens with zero attached hydrogens (tertiary/aromatic N) is 1. The van der Waals surface area contributed by atoms with Crippen LogP contribution in [-0.2, 0) is 19.1 Å². The van der Waals surface area contributed by atoms with Crippen LogP contribution in [0.15, 0.2) is 18.2 Å². The van der Waals surface area contributed by atoms with Gasteiger partial charge in [0.2, 0.25) is 11.8 Å². The summed E-state index contributed by atoms with van der Waals surface area (Å²) in [4.78, 5) is 37.8. The van der Waals surface area contributed by atoms with Crippen molar-refractivity contribution < 1.29 is 33.7 Å². The fraction of sp³-hybridized carbons (Fsp3) is 0.526. The van der Waals surface area contributed by atoms with E-state index in [1.807, 2.05) is 0 Å². The maximum absolute atomic E-state index is 12.7. The molecule has 28 heavy (non-hydrogen) atoms. The summed E-state index contributed by atoms with van der Waals surface area (Å²) in [5.41, 5.74) is -0.514. The Morgan fingerprint density at radius 3 is 2.57 bits per heavy atom. The highest BCUT2D eigenvalue weighted by molar-refractivity contribution is 6.01. The predicted octanol–water partition coefficient (Wildman–Crippen LogP) is 1.05. The maximum Gasteiger partial charge on any atom is 0.305 e. The Kier molecular flexibility index (Phi) is 6.85. The van der Waals surface area contributed by atoms with Crippen molar-refractivity contribution in [3.63, 3.8) is 0 Å². The minimum absolute atomic E-state index is 0.0250. The van der Waals surface area contributed by atoms with E-state index in [0.717, 1.165) is 0 Å². The molecule has 1 aliphatic heterocycles. The normalized spacial score (nSPS) is 18.5. The first-order chi connectivity index (χ1) is 13.2. The number of amides is 2. The molecule has 0 aliphatic carbocycles. The first-order valence-corrected chi connectivity index (χ1v) is 8.78. The van der Waals surface area contributed by atoms with Gasteiger partial charge < -0.3 is 29.5 Å². The van der Waals surface area contributed by atoms with Crippen LogP contribution in [0, 0.1) is 5.92 Å². The Balaban J connectivity index is 2.15. The number of carboxylic acid groups (broad SMARTS) is 1. The molecule has 0 spiro atoms. The van der Waals surface area contributed by atoms with Gasteiger partial charge in [0.1, 0.15) is 11.5 Å². The number of benzene rings is 1. The third-order valence-electron chi connectivity index (χ3n) is 4.60. The van der Waals surface area contributed by atoms with Gasteiger partial charge in [-0.2, -0.15) is 0 Å². The van der Waals surface area contributed by atoms with Crippen molar-refractivity contribution in [1.82, 2.24) is 5.32 Å². The van der Waals surface area contributed by atoms with E-state index < -0.39 is 17.4 Å². The third-order valence-corrected chi connectivity index (χ3v) is 4.60. The molecule has 2 unspecified atom stereocenters. The van der Waals surface area contributed by atoms with Crippen molar-refractivity contribution in [2.75, 3.05) is 39.4 Å². The van der Waals surface area contributed by atoms with Crippen LogP contribution in [-0.4, -0.2) is 62.9 Å². The summed E-state index contributed by atoms with van der Waals surface area (Å²) in [7, 11) is 4.46. The number of aliphatic carboxylic acids is 1. The Bertz CT molecular complexity index is 752. The summed E-state index contributed by atoms with van der Waals surface area (Å²) in [6.07, 6.45) is -0.263. The molecule has 1 saturated heterocycles. The van der Waals surface area contributed by atoms with Crippen LogP contribution >= 0.6 is 0 Å². The van der Waals surface area contributed by atoms with Crippen LogP contribution in [0.5, 0.6) is 11.5 Å². The number of carbonyl (C=O) groups excluding carboxylic acids is 2. The Morgan fingerprint density at radius 2 is 2.00 bits per heavy atom. The number of methoxy groups -OCH3 is 3. The van der Waals surface area contributed by atoms with Gasteiger partial charge in [-0.3, -0.25) is 14.4 Å². The summed E-state index contributed by atoms with van der Waals surface area (Å²) in [6.45, 7) is 1.81. The minimum Gasteiger partial charge on any atom is -0.497 e. The van der Waals surface area contributed by atoms with Gasteiger partial charge in [-0.15, -0.1) is 0 Å². The Labute approximate surface area is 163 Å². The fourth-order valence-corrected chi connectivity index (χ4v) is 3.31. The highest BCUT2D eigenvalue weighted by atomic mass is 16.5. The molecule has 1 aromatic carbocycles. The SMILES string of the molecule is COCC(C)(CC(=O)O)NC(=O)C1CC(=O)N(c2ccc(OC)cc2OC)C1. The zero-order chi connectivity index (χ0) is 20.9. The topological polar surface area (TPSA) is 114 Å². The van der Waals surface area contributed by atoms with E-state index in [2.05, 4.69) is 5.32 Å². The first-order valence-electron chi connectivity index (χ1n) is 8.78. The molecule has 9 heteroatoms. The molecule has 0 aromatic heterocycles. The number of rotatable bonds is 9. The first kappa shape index (κ1) is 21.5. The molecule has 2 amide bonds. The largest absolute Gasteiger partial charge is 0.497 e. The summed E-state index contributed by atoms with van der Waals surface area (Å²) in [6, 6.07) is 5.08. The molecule has 2 N–H and O–H groups in total. The van der Waals surface area contributed by atoms with Gasteiger partial charge >= 0.3 is 5.97 Å². The Hall–Kier alpha value is -2.81. The molecule has 0 saturated carbocycles. The molecule has 1 heterocycles. The number of carboxylic acids is 1. The van der Waals surface area contributed by atoms with Crippen LogP contribution in [0.1, 0.15) is 19.8 Å². The monoisotopic (exact) mass is 394 g/mol. The molecule has 154 valence electrons. The van der Waals surface area contributed by atoms with Crippen molar-refractivity contribution in [2.45, 2.75) is 25.3 Å². The molecule has 1 aromatic rings. The second-order valence-electron chi connectivity index (χ2n) is 7.00. The quantitative estimate of drug-likeness (QED) is 0.643. The van der Waals surface area contributed by atoms with Crippen molar-refractivity contribution >= 4 is 23.5 Å². The number of carbonyl (C=O) groups is 3. The van der Waals surface area contributed by atoms with E-state index in [4.69, 9.17) is 19.3 Å². The third kappa shape index (κ3) is 4.92. The van der Waals surface area contributed by atoms with Crippen LogP contribution in [0.4, 0.5) is 5.69 Å². The zero-order valence-corrected chi connectivity index (χ0v) is 16.5. The van der Waals surface area contributed by atoms with Crippen LogP contribution < -0.4 is 19.7 Å². The molecule has 2 atom stereocenters. The molecule has 1 aliphatic rings. The minimum atomic E-state index is -1.06. The average molecular weight is 394 g/mol. The van der Waals surface area contributed by atoms with Gasteiger partial charge in [0, 0.05) is 26.1 Å². The van der Waals surface area contributed by atoms with Crippen molar-refractivity contribution in [1.29, 1.82) is 0 Å². The van der Waals surface area contributed by atoms with Crippen LogP contribution in [0.25, 0.3) is 0 Å². The van der Waals surface area contributed by atoms with Gasteiger partial charge in [-0.05, 0) is 19.1 Å². The average Bonchev–Trinajstić information content (AvgIpc) is 3.02. The van der Waals surface area contributed by atoms with Gasteiger partial charge in [0.05, 0.1) is 44.4 Å². The summed E-state index contributed by atoms with van der Waals surface area (Å²) >= 11 is 0. The van der Waals surface area contributed by atoms with E-state index in [9.17, 15) is 14.4 Å². The van der Waals surface area contributed by atoms with E-state index in [-0.39, 0.29) is 37.8 Å². The molecule has 2 rings (SSSR count). The summed E-state index contributed by atoms with van der Waals surface area (Å²) in [5, 5.41) is 11.8. The molecular formula is C19H26N2O7. The fourth-order valence-electron chi connectivity index (χ4n) is 3.31. The zero-order valence-electron chi connectivity index (χ0n) is 16.5. The van der Waals surface area contributed by atoms with Crippen LogP contribution in [0.3, 0.4) is 0 Å². The van der Waals surface area contributed by atoms with Gasteiger partial charge in [0.25, 0.3) is 0 Å². The highest BCUT2D eigenvalue weighted by Gasteiger charge is 2.39. The summed E-state index contributed by atoms with van der Waals surface area (Å²) in [5.74, 6) is -1.20. The highest BCUT2D eigenvalue weighted by Crippen LogP contribution is 2.36. The van der Waals surface area contributed by atoms with Crippen molar-refractivity contribution in [2.24, 2.45) is 5.92 Å². The lowest BCUT2D eigenvalue weighted by Gasteiger charge is -2.29. The number of hydrogen-bond acceptors (Lipinski definition) is 6. The van der Waals surface area contributed by atoms with Gasteiger partial charge in [-0.1, -0.05) is 0 Å². The lowest BCUT2D eigenvalue weighted by atomic mass is 9.97. The molecule has 1 fully saturated rings. The lowest BCUT2D eigenvalue weighted by molar-refractivity contribution is -0.140. The van der Waals surface area contributed by atoms with Crippen molar-refractivity contribution in [3.8, 4) is 11.5 Å². The standard InChI is InChI=1S/C19H26N2O7/c1-19(11-26-2,9-17(23)24)20-18(25)12-7-16(22)21(10-12)14-6-5-13(27-3)8-15(14)28-4/h5-6,8,12H,7,9-11H2,1-4H3,(H,20,25)(H,23,24). The molecular weight excluding hydrogens is 368 g/mol. The number of ether oxygens (including phenoxy) is 3. The second-order valence-corrected chi connectivity index (χ2v) is 7.00. The molecule has 9 nitrogen and oxygen atoms in total. The number of anilines is 1. The smallest absolute Gasteiger partial charge is 0.305 e. The van der Waals surface area contributed by atoms with Gasteiger partial charge in [-0.25, -0.2) is 0 Å². The molecule has 0 radical (unpaired) electrons. The van der Waals surface area contributed by atoms with E-state index in [0.29, 0.717) is 17.2 Å². The predicted molar refractivity (Wildman–Crippen MR) is 101 cm³/mol. The van der Waals surface area contributed by atoms with Crippen LogP contribution in [0.2, 0.25) is 0 Å². The Morgan fingerprint density at radius 1 is 1.29 bits per heavy atom. The lowest BCUT2D eigenvalue weighted by Crippen LogP contribution is -2.52. The molecule has 0 bridgehead atoms. The number of nitrogens with one attached hydrogen (secondary N) is 1. The number of hydrogen-bond donors (Lipinski definition) is 2. The van der Waals surface area contributed by atoms with Crippen molar-refractivity contribution in [3.05, 3.63) is 18.2 Å². The second kappa shape index (κ2) is 8.92. The van der Waals surface area contributed by atoms with Gasteiger partial charge in [0.15, 0.2) is 0 Å².